The monoisotopic (exact) mass is 429 g/mol. The first kappa shape index (κ1) is 16.0. The van der Waals surface area contributed by atoms with Gasteiger partial charge in [-0.25, -0.2) is 0 Å². The van der Waals surface area contributed by atoms with Gasteiger partial charge in [0.15, 0.2) is 0 Å². The van der Waals surface area contributed by atoms with Gasteiger partial charge in [-0.1, -0.05) is 12.1 Å². The molecular weight excluding hydrogens is 413 g/mol. The summed E-state index contributed by atoms with van der Waals surface area (Å²) in [5.41, 5.74) is 7.57. The summed E-state index contributed by atoms with van der Waals surface area (Å²) >= 11 is 0. The smallest absolute Gasteiger partial charge is 0.109 e. The van der Waals surface area contributed by atoms with Crippen molar-refractivity contribution >= 4 is 0 Å². The minimum Gasteiger partial charge on any atom is -0.670 e. The fourth-order valence-electron chi connectivity index (χ4n) is 1.56. The Hall–Kier alpha value is 0.982. The van der Waals surface area contributed by atoms with E-state index in [0.717, 1.165) is 0 Å². The van der Waals surface area contributed by atoms with Gasteiger partial charge in [0.1, 0.15) is 12.2 Å². The molecule has 0 amide bonds. The Morgan fingerprint density at radius 3 is 2.33 bits per heavy atom. The Morgan fingerprint density at radius 1 is 1.27 bits per heavy atom. The molecule has 1 aliphatic rings. The third-order valence-electron chi connectivity index (χ3n) is 2.43. The molecule has 0 aliphatic carbocycles. The van der Waals surface area contributed by atoms with Gasteiger partial charge >= 0.3 is 0 Å². The molecule has 6 heteroatoms. The molecule has 5 atom stereocenters. The second kappa shape index (κ2) is 7.34. The average Bonchev–Trinajstić information content (AvgIpc) is 2.19. The van der Waals surface area contributed by atoms with Crippen LogP contribution in [-0.2, 0) is 4.74 Å². The molecule has 0 spiro atoms. The Kier molecular flexibility index (Phi) is 7.82. The topological polar surface area (TPSA) is 93.7 Å². The van der Waals surface area contributed by atoms with E-state index >= 15 is 0 Å². The second-order valence-electron chi connectivity index (χ2n) is 3.43. The molecule has 0 bridgehead atoms. The van der Waals surface area contributed by atoms with Gasteiger partial charge in [0.2, 0.25) is 0 Å². The summed E-state index contributed by atoms with van der Waals surface area (Å²) < 4.78 is 5.25. The summed E-state index contributed by atoms with van der Waals surface area (Å²) in [5, 5.41) is 27.8. The van der Waals surface area contributed by atoms with Crippen molar-refractivity contribution in [3.63, 3.8) is 0 Å². The van der Waals surface area contributed by atoms with Gasteiger partial charge in [-0.15, -0.1) is 6.58 Å². The summed E-state index contributed by atoms with van der Waals surface area (Å²) in [6, 6.07) is -0.897. The van der Waals surface area contributed by atoms with Crippen LogP contribution in [0.25, 0.3) is 5.73 Å². The first-order valence-corrected chi connectivity index (χ1v) is 4.56. The van der Waals surface area contributed by atoms with Crippen molar-refractivity contribution in [2.75, 3.05) is 6.61 Å². The summed E-state index contributed by atoms with van der Waals surface area (Å²) in [5.74, 6) is 0. The zero-order chi connectivity index (χ0) is 10.7. The number of aliphatic hydroxyl groups is 3. The van der Waals surface area contributed by atoms with Crippen molar-refractivity contribution in [1.29, 1.82) is 0 Å². The number of nitrogens with one attached hydrogen (secondary N) is 1. The number of ether oxygens (including phenoxy) is 1. The van der Waals surface area contributed by atoms with Gasteiger partial charge < -0.3 is 25.8 Å². The van der Waals surface area contributed by atoms with Gasteiger partial charge in [0.25, 0.3) is 0 Å². The number of aliphatic hydroxyl groups excluding tert-OH is 3. The van der Waals surface area contributed by atoms with E-state index in [1.165, 1.54) is 0 Å². The first-order chi connectivity index (χ1) is 6.61. The van der Waals surface area contributed by atoms with E-state index in [0.29, 0.717) is 6.42 Å². The zero-order valence-electron chi connectivity index (χ0n) is 8.41. The summed E-state index contributed by atoms with van der Waals surface area (Å²) in [7, 11) is 0. The summed E-state index contributed by atoms with van der Waals surface area (Å²) in [4.78, 5) is 0. The maximum absolute atomic E-state index is 9.48. The summed E-state index contributed by atoms with van der Waals surface area (Å²) in [6.45, 7) is 3.15. The molecule has 1 saturated heterocycles. The Balaban J connectivity index is 0.00000196. The van der Waals surface area contributed by atoms with E-state index in [-0.39, 0.29) is 50.7 Å². The molecule has 1 fully saturated rings. The van der Waals surface area contributed by atoms with E-state index in [1.54, 1.807) is 6.08 Å². The van der Waals surface area contributed by atoms with E-state index in [4.69, 9.17) is 15.6 Å². The predicted molar refractivity (Wildman–Crippen MR) is 50.7 cm³/mol. The van der Waals surface area contributed by atoms with Crippen LogP contribution in [0.2, 0.25) is 0 Å². The molecule has 4 N–H and O–H groups in total. The van der Waals surface area contributed by atoms with E-state index in [1.807, 2.05) is 0 Å². The quantitative estimate of drug-likeness (QED) is 0.526. The molecule has 0 aromatic rings. The number of hydrogen-bond donors (Lipinski definition) is 3. The number of hydrogen-bond acceptors (Lipinski definition) is 4. The maximum Gasteiger partial charge on any atom is 0.109 e. The van der Waals surface area contributed by atoms with E-state index in [2.05, 4.69) is 6.58 Å². The van der Waals surface area contributed by atoms with Gasteiger partial charge in [0, 0.05) is 50.2 Å². The molecule has 5 nitrogen and oxygen atoms in total. The molecule has 15 heavy (non-hydrogen) atoms. The molecule has 1 aliphatic heterocycles. The van der Waals surface area contributed by atoms with Crippen LogP contribution in [0, 0.1) is 44.1 Å². The molecule has 4 unspecified atom stereocenters. The largest absolute Gasteiger partial charge is 0.670 e. The standard InChI is InChI=1S/C9H16NO4.Ac/c1-2-3-5-7(10)9(13)8(12)6(4-11)14-5;/h2,5-13H,1,3-4H2;/q-1;/t5-,6?,7?,8?,9?;/m1./s1. The van der Waals surface area contributed by atoms with Crippen LogP contribution in [0.1, 0.15) is 6.42 Å². The van der Waals surface area contributed by atoms with E-state index < -0.39 is 30.5 Å². The molecule has 85 valence electrons. The Labute approximate surface area is 125 Å². The van der Waals surface area contributed by atoms with Crippen LogP contribution in [0.15, 0.2) is 12.7 Å². The van der Waals surface area contributed by atoms with Gasteiger partial charge in [-0.2, -0.15) is 0 Å². The third-order valence-corrected chi connectivity index (χ3v) is 2.43. The molecule has 0 aromatic carbocycles. The van der Waals surface area contributed by atoms with Gasteiger partial charge in [-0.3, -0.25) is 0 Å². The Morgan fingerprint density at radius 2 is 1.87 bits per heavy atom. The molecule has 0 saturated carbocycles. The number of rotatable bonds is 3. The fraction of sp³-hybridized carbons (Fsp3) is 0.778. The second-order valence-corrected chi connectivity index (χ2v) is 3.43. The molecule has 1 radical (unpaired) electrons. The van der Waals surface area contributed by atoms with Crippen LogP contribution in [0.4, 0.5) is 0 Å². The van der Waals surface area contributed by atoms with Crippen LogP contribution >= 0.6 is 0 Å². The van der Waals surface area contributed by atoms with Crippen molar-refractivity contribution in [2.45, 2.75) is 36.9 Å². The van der Waals surface area contributed by atoms with Crippen molar-refractivity contribution in [3.05, 3.63) is 18.4 Å². The van der Waals surface area contributed by atoms with Crippen LogP contribution in [-0.4, -0.2) is 52.4 Å². The minimum atomic E-state index is -1.19. The third kappa shape index (κ3) is 3.74. The first-order valence-electron chi connectivity index (χ1n) is 4.56. The van der Waals surface area contributed by atoms with Crippen molar-refractivity contribution in [2.24, 2.45) is 0 Å². The Bertz CT molecular complexity index is 203. The normalized spacial score (nSPS) is 40.7. The van der Waals surface area contributed by atoms with Crippen molar-refractivity contribution < 1.29 is 64.1 Å². The summed E-state index contributed by atoms with van der Waals surface area (Å²) in [6.07, 6.45) is -1.67. The average molecular weight is 429 g/mol. The van der Waals surface area contributed by atoms with Crippen molar-refractivity contribution in [1.82, 2.24) is 0 Å². The van der Waals surface area contributed by atoms with Crippen LogP contribution in [0.5, 0.6) is 0 Å². The fourth-order valence-corrected chi connectivity index (χ4v) is 1.56. The van der Waals surface area contributed by atoms with Crippen molar-refractivity contribution in [3.8, 4) is 0 Å². The SMILES string of the molecule is C=CC[C@H]1OC(CO)C(O)C(O)C1[NH-].[Ac]. The molecule has 0 aromatic heterocycles. The zero-order valence-corrected chi connectivity index (χ0v) is 13.2. The van der Waals surface area contributed by atoms with E-state index in [9.17, 15) is 10.2 Å². The predicted octanol–water partition coefficient (Wildman–Crippen LogP) is -0.535. The maximum atomic E-state index is 9.48. The molecular formula is C9H16AcNO4-. The minimum absolute atomic E-state index is 0. The van der Waals surface area contributed by atoms with Gasteiger partial charge in [0.05, 0.1) is 12.7 Å². The van der Waals surface area contributed by atoms with Gasteiger partial charge in [-0.05, 0) is 6.42 Å². The van der Waals surface area contributed by atoms with Crippen LogP contribution in [0.3, 0.4) is 0 Å². The van der Waals surface area contributed by atoms with Crippen LogP contribution < -0.4 is 0 Å². The molecule has 1 heterocycles. The molecule has 1 rings (SSSR count).